The van der Waals surface area contributed by atoms with Crippen LogP contribution in [0.4, 0.5) is 0 Å². The maximum atomic E-state index is 4.82. The Kier molecular flexibility index (Phi) is 4.21. The van der Waals surface area contributed by atoms with Crippen molar-refractivity contribution in [2.24, 2.45) is 0 Å². The highest BCUT2D eigenvalue weighted by Crippen LogP contribution is 2.38. The van der Waals surface area contributed by atoms with Gasteiger partial charge in [0.25, 0.3) is 0 Å². The first kappa shape index (κ1) is 13.0. The van der Waals surface area contributed by atoms with E-state index in [0.717, 1.165) is 6.54 Å². The van der Waals surface area contributed by atoms with Crippen molar-refractivity contribution < 1.29 is 0 Å². The number of hydrogen-bond donors (Lipinski definition) is 1. The van der Waals surface area contributed by atoms with Crippen LogP contribution in [0.5, 0.6) is 0 Å². The van der Waals surface area contributed by atoms with Crippen LogP contribution >= 0.6 is 11.3 Å². The molecule has 0 radical (unpaired) electrons. The normalized spacial score (nSPS) is 20.2. The first-order chi connectivity index (χ1) is 8.18. The number of aromatic nitrogens is 1. The summed E-state index contributed by atoms with van der Waals surface area (Å²) in [5.41, 5.74) is 1.39. The third kappa shape index (κ3) is 2.71. The first-order valence-corrected chi connectivity index (χ1v) is 7.69. The fourth-order valence-electron chi connectivity index (χ4n) is 2.81. The molecule has 0 bridgehead atoms. The summed E-state index contributed by atoms with van der Waals surface area (Å²) in [5.74, 6) is 0. The van der Waals surface area contributed by atoms with Gasteiger partial charge in [-0.05, 0) is 33.2 Å². The molecular weight excluding hydrogens is 228 g/mol. The third-order valence-electron chi connectivity index (χ3n) is 3.91. The molecule has 0 unspecified atom stereocenters. The Balaban J connectivity index is 2.31. The van der Waals surface area contributed by atoms with Crippen LogP contribution in [0.2, 0.25) is 0 Å². The Morgan fingerprint density at radius 3 is 2.29 bits per heavy atom. The minimum Gasteiger partial charge on any atom is -0.306 e. The number of rotatable bonds is 3. The molecule has 96 valence electrons. The zero-order valence-electron chi connectivity index (χ0n) is 11.3. The van der Waals surface area contributed by atoms with Gasteiger partial charge in [0.1, 0.15) is 5.01 Å². The summed E-state index contributed by atoms with van der Waals surface area (Å²) in [6, 6.07) is 0. The molecule has 1 aromatic heterocycles. The highest BCUT2D eigenvalue weighted by Gasteiger charge is 2.34. The quantitative estimate of drug-likeness (QED) is 0.825. The molecule has 0 spiro atoms. The molecule has 0 amide bonds. The van der Waals surface area contributed by atoms with Gasteiger partial charge < -0.3 is 5.32 Å². The maximum Gasteiger partial charge on any atom is 0.113 e. The molecular formula is C14H24N2S. The summed E-state index contributed by atoms with van der Waals surface area (Å²) in [6.45, 7) is 7.57. The van der Waals surface area contributed by atoms with E-state index in [1.54, 1.807) is 0 Å². The van der Waals surface area contributed by atoms with Crippen LogP contribution in [-0.2, 0) is 5.54 Å². The van der Waals surface area contributed by atoms with E-state index in [0.29, 0.717) is 0 Å². The fraction of sp³-hybridized carbons (Fsp3) is 0.786. The van der Waals surface area contributed by atoms with Gasteiger partial charge in [0.05, 0.1) is 11.2 Å². The molecule has 1 aliphatic carbocycles. The lowest BCUT2D eigenvalue weighted by molar-refractivity contribution is 0.295. The molecule has 1 saturated carbocycles. The zero-order chi connectivity index (χ0) is 12.3. The van der Waals surface area contributed by atoms with Gasteiger partial charge >= 0.3 is 0 Å². The van der Waals surface area contributed by atoms with Gasteiger partial charge in [-0.3, -0.25) is 0 Å². The zero-order valence-corrected chi connectivity index (χ0v) is 12.1. The third-order valence-corrected chi connectivity index (χ3v) is 5.19. The van der Waals surface area contributed by atoms with E-state index < -0.39 is 0 Å². The molecule has 0 aliphatic heterocycles. The predicted molar refractivity (Wildman–Crippen MR) is 74.6 cm³/mol. The average Bonchev–Trinajstić information content (AvgIpc) is 2.55. The van der Waals surface area contributed by atoms with E-state index in [-0.39, 0.29) is 5.54 Å². The maximum absolute atomic E-state index is 4.82. The van der Waals surface area contributed by atoms with Gasteiger partial charge in [-0.15, -0.1) is 11.3 Å². The molecule has 0 saturated heterocycles. The molecule has 2 nitrogen and oxygen atoms in total. The minimum atomic E-state index is 0.176. The molecule has 17 heavy (non-hydrogen) atoms. The number of nitrogens with zero attached hydrogens (tertiary/aromatic N) is 1. The number of hydrogen-bond acceptors (Lipinski definition) is 3. The summed E-state index contributed by atoms with van der Waals surface area (Å²) in [6.07, 6.45) is 7.96. The largest absolute Gasteiger partial charge is 0.306 e. The lowest BCUT2D eigenvalue weighted by Gasteiger charge is -2.31. The summed E-state index contributed by atoms with van der Waals surface area (Å²) in [7, 11) is 0. The lowest BCUT2D eigenvalue weighted by atomic mass is 9.91. The van der Waals surface area contributed by atoms with Gasteiger partial charge in [0.15, 0.2) is 0 Å². The smallest absolute Gasteiger partial charge is 0.113 e. The highest BCUT2D eigenvalue weighted by atomic mass is 32.1. The Hall–Kier alpha value is -0.410. The van der Waals surface area contributed by atoms with Crippen molar-refractivity contribution in [2.45, 2.75) is 64.8 Å². The van der Waals surface area contributed by atoms with E-state index in [1.807, 2.05) is 11.3 Å². The Morgan fingerprint density at radius 1 is 1.18 bits per heavy atom. The predicted octanol–water partition coefficient (Wildman–Crippen LogP) is 3.92. The van der Waals surface area contributed by atoms with Crippen molar-refractivity contribution in [1.29, 1.82) is 0 Å². The van der Waals surface area contributed by atoms with Crippen LogP contribution in [0.1, 0.15) is 61.0 Å². The van der Waals surface area contributed by atoms with E-state index in [1.165, 1.54) is 54.1 Å². The second kappa shape index (κ2) is 5.49. The summed E-state index contributed by atoms with van der Waals surface area (Å²) in [4.78, 5) is 6.20. The molecule has 2 rings (SSSR count). The van der Waals surface area contributed by atoms with Crippen molar-refractivity contribution in [3.63, 3.8) is 0 Å². The Labute approximate surface area is 109 Å². The summed E-state index contributed by atoms with van der Waals surface area (Å²) in [5, 5.41) is 5.07. The second-order valence-electron chi connectivity index (χ2n) is 5.19. The molecule has 0 atom stereocenters. The number of nitrogens with one attached hydrogen (secondary N) is 1. The molecule has 1 N–H and O–H groups in total. The fourth-order valence-corrected chi connectivity index (χ4v) is 3.95. The number of thiazole rings is 1. The van der Waals surface area contributed by atoms with Crippen LogP contribution < -0.4 is 5.32 Å². The molecule has 3 heteroatoms. The van der Waals surface area contributed by atoms with E-state index in [2.05, 4.69) is 26.1 Å². The van der Waals surface area contributed by atoms with Crippen molar-refractivity contribution in [2.75, 3.05) is 6.54 Å². The van der Waals surface area contributed by atoms with Crippen LogP contribution in [0.25, 0.3) is 0 Å². The van der Waals surface area contributed by atoms with Crippen LogP contribution in [0.15, 0.2) is 0 Å². The molecule has 1 fully saturated rings. The monoisotopic (exact) mass is 252 g/mol. The van der Waals surface area contributed by atoms with Gasteiger partial charge in [0, 0.05) is 4.88 Å². The van der Waals surface area contributed by atoms with Crippen molar-refractivity contribution in [3.8, 4) is 0 Å². The minimum absolute atomic E-state index is 0.176. The average molecular weight is 252 g/mol. The van der Waals surface area contributed by atoms with E-state index in [4.69, 9.17) is 4.98 Å². The van der Waals surface area contributed by atoms with Crippen molar-refractivity contribution in [3.05, 3.63) is 15.6 Å². The van der Waals surface area contributed by atoms with Gasteiger partial charge in [-0.25, -0.2) is 4.98 Å². The number of aryl methyl sites for hydroxylation is 2. The van der Waals surface area contributed by atoms with Gasteiger partial charge in [0.2, 0.25) is 0 Å². The van der Waals surface area contributed by atoms with Crippen LogP contribution in [0, 0.1) is 13.8 Å². The van der Waals surface area contributed by atoms with Gasteiger partial charge in [-0.1, -0.05) is 32.6 Å². The van der Waals surface area contributed by atoms with Crippen LogP contribution in [-0.4, -0.2) is 11.5 Å². The van der Waals surface area contributed by atoms with Crippen LogP contribution in [0.3, 0.4) is 0 Å². The summed E-state index contributed by atoms with van der Waals surface area (Å²) >= 11 is 1.90. The standard InChI is InChI=1S/C14H24N2S/c1-4-15-14(9-7-5-6-8-10-14)13-16-11(2)12(3)17-13/h15H,4-10H2,1-3H3. The summed E-state index contributed by atoms with van der Waals surface area (Å²) < 4.78 is 0. The van der Waals surface area contributed by atoms with Crippen molar-refractivity contribution in [1.82, 2.24) is 10.3 Å². The molecule has 0 aromatic carbocycles. The van der Waals surface area contributed by atoms with Gasteiger partial charge in [-0.2, -0.15) is 0 Å². The highest BCUT2D eigenvalue weighted by molar-refractivity contribution is 7.11. The Morgan fingerprint density at radius 2 is 1.82 bits per heavy atom. The Bertz CT molecular complexity index is 343. The van der Waals surface area contributed by atoms with E-state index >= 15 is 0 Å². The molecule has 1 aromatic rings. The SMILES string of the molecule is CCNC1(c2nc(C)c(C)s2)CCCCCC1. The topological polar surface area (TPSA) is 24.9 Å². The first-order valence-electron chi connectivity index (χ1n) is 6.87. The molecule has 1 heterocycles. The second-order valence-corrected chi connectivity index (χ2v) is 6.39. The van der Waals surface area contributed by atoms with E-state index in [9.17, 15) is 0 Å². The lowest BCUT2D eigenvalue weighted by Crippen LogP contribution is -2.41. The van der Waals surface area contributed by atoms with Crippen molar-refractivity contribution >= 4 is 11.3 Å². The molecule has 1 aliphatic rings.